The summed E-state index contributed by atoms with van der Waals surface area (Å²) >= 11 is 0. The zero-order chi connectivity index (χ0) is 13.9. The summed E-state index contributed by atoms with van der Waals surface area (Å²) in [5, 5.41) is 8.85. The second-order valence-corrected chi connectivity index (χ2v) is 4.73. The first-order chi connectivity index (χ1) is 8.24. The van der Waals surface area contributed by atoms with E-state index in [4.69, 9.17) is 10.8 Å². The molecule has 0 aliphatic carbocycles. The van der Waals surface area contributed by atoms with Gasteiger partial charge in [-0.1, -0.05) is 24.3 Å². The van der Waals surface area contributed by atoms with Gasteiger partial charge >= 0.3 is 5.97 Å². The molecule has 0 amide bonds. The highest BCUT2D eigenvalue weighted by Gasteiger charge is 2.24. The molecule has 0 spiro atoms. The second kappa shape index (κ2) is 5.47. The maximum Gasteiger partial charge on any atom is 0.310 e. The Labute approximate surface area is 107 Å². The molecule has 6 nitrogen and oxygen atoms in total. The lowest BCUT2D eigenvalue weighted by Crippen LogP contribution is -2.35. The smallest absolute Gasteiger partial charge is 0.310 e. The molecule has 0 heterocycles. The Kier molecular flexibility index (Phi) is 4.44. The van der Waals surface area contributed by atoms with Crippen molar-refractivity contribution in [2.45, 2.75) is 25.5 Å². The SMILES string of the molecule is CC(C(=O)O)c1ccc(C(C)(N)O[SH](=O)=O)cc1. The van der Waals surface area contributed by atoms with Gasteiger partial charge in [0, 0.05) is 0 Å². The van der Waals surface area contributed by atoms with Crippen molar-refractivity contribution in [1.29, 1.82) is 0 Å². The Bertz CT molecular complexity index is 499. The fourth-order valence-electron chi connectivity index (χ4n) is 1.45. The van der Waals surface area contributed by atoms with E-state index in [2.05, 4.69) is 4.18 Å². The Morgan fingerprint density at radius 1 is 1.39 bits per heavy atom. The molecule has 0 fully saturated rings. The summed E-state index contributed by atoms with van der Waals surface area (Å²) in [6, 6.07) is 6.27. The molecule has 0 aliphatic rings. The molecule has 1 aromatic carbocycles. The van der Waals surface area contributed by atoms with Gasteiger partial charge < -0.3 is 5.11 Å². The van der Waals surface area contributed by atoms with Gasteiger partial charge in [0.1, 0.15) is 0 Å². The summed E-state index contributed by atoms with van der Waals surface area (Å²) in [6.45, 7) is 2.97. The molecule has 3 N–H and O–H groups in total. The molecule has 0 radical (unpaired) electrons. The van der Waals surface area contributed by atoms with Gasteiger partial charge in [-0.05, 0) is 25.0 Å². The van der Waals surface area contributed by atoms with Crippen molar-refractivity contribution >= 4 is 17.0 Å². The van der Waals surface area contributed by atoms with Crippen LogP contribution < -0.4 is 5.73 Å². The minimum Gasteiger partial charge on any atom is -0.481 e. The summed E-state index contributed by atoms with van der Waals surface area (Å²) in [7, 11) is -3.06. The maximum atomic E-state index is 10.8. The van der Waals surface area contributed by atoms with Crippen molar-refractivity contribution in [2.24, 2.45) is 5.73 Å². The van der Waals surface area contributed by atoms with Crippen molar-refractivity contribution in [3.63, 3.8) is 0 Å². The third-order valence-corrected chi connectivity index (χ3v) is 3.15. The van der Waals surface area contributed by atoms with E-state index in [1.165, 1.54) is 6.92 Å². The highest BCUT2D eigenvalue weighted by molar-refractivity contribution is 7.67. The number of carboxylic acids is 1. The predicted octanol–water partition coefficient (Wildman–Crippen LogP) is 0.549. The van der Waals surface area contributed by atoms with E-state index in [9.17, 15) is 13.2 Å². The van der Waals surface area contributed by atoms with Crippen molar-refractivity contribution in [2.75, 3.05) is 0 Å². The fourth-order valence-corrected chi connectivity index (χ4v) is 1.87. The van der Waals surface area contributed by atoms with Crippen LogP contribution in [0.2, 0.25) is 0 Å². The number of nitrogens with two attached hydrogens (primary N) is 1. The zero-order valence-corrected chi connectivity index (χ0v) is 10.9. The average molecular weight is 273 g/mol. The van der Waals surface area contributed by atoms with Crippen LogP contribution in [0.25, 0.3) is 0 Å². The number of carbonyl (C=O) groups is 1. The lowest BCUT2D eigenvalue weighted by atomic mass is 9.97. The van der Waals surface area contributed by atoms with Crippen LogP contribution in [0, 0.1) is 0 Å². The van der Waals surface area contributed by atoms with Gasteiger partial charge in [-0.25, -0.2) is 12.6 Å². The van der Waals surface area contributed by atoms with Crippen LogP contribution in [0.15, 0.2) is 24.3 Å². The number of aliphatic carboxylic acids is 1. The molecular weight excluding hydrogens is 258 g/mol. The lowest BCUT2D eigenvalue weighted by molar-refractivity contribution is -0.138. The molecule has 7 heteroatoms. The van der Waals surface area contributed by atoms with E-state index in [-0.39, 0.29) is 0 Å². The van der Waals surface area contributed by atoms with E-state index < -0.39 is 28.6 Å². The molecule has 1 aromatic rings. The molecule has 100 valence electrons. The zero-order valence-electron chi connectivity index (χ0n) is 9.99. The van der Waals surface area contributed by atoms with Gasteiger partial charge in [0.05, 0.1) is 5.92 Å². The quantitative estimate of drug-likeness (QED) is 0.534. The Hall–Kier alpha value is -1.44. The standard InChI is InChI=1S/C11H15NO5S/c1-7(10(13)14)8-3-5-9(6-4-8)11(2,12)17-18(15)16/h3-7,18H,12H2,1-2H3,(H,13,14). The van der Waals surface area contributed by atoms with Crippen molar-refractivity contribution in [3.05, 3.63) is 35.4 Å². The largest absolute Gasteiger partial charge is 0.481 e. The highest BCUT2D eigenvalue weighted by Crippen LogP contribution is 2.22. The van der Waals surface area contributed by atoms with Crippen LogP contribution in [0.3, 0.4) is 0 Å². The van der Waals surface area contributed by atoms with Crippen LogP contribution >= 0.6 is 0 Å². The van der Waals surface area contributed by atoms with Gasteiger partial charge in [0.2, 0.25) is 0 Å². The van der Waals surface area contributed by atoms with Crippen molar-refractivity contribution < 1.29 is 22.5 Å². The molecule has 18 heavy (non-hydrogen) atoms. The number of benzene rings is 1. The van der Waals surface area contributed by atoms with Gasteiger partial charge in [-0.2, -0.15) is 0 Å². The summed E-state index contributed by atoms with van der Waals surface area (Å²) in [6.07, 6.45) is 0. The summed E-state index contributed by atoms with van der Waals surface area (Å²) < 4.78 is 25.6. The van der Waals surface area contributed by atoms with Crippen LogP contribution in [0.5, 0.6) is 0 Å². The summed E-state index contributed by atoms with van der Waals surface area (Å²) in [5.74, 6) is -1.57. The van der Waals surface area contributed by atoms with Crippen LogP contribution in [0.4, 0.5) is 0 Å². The first-order valence-electron chi connectivity index (χ1n) is 5.19. The number of hydrogen-bond donors (Lipinski definition) is 3. The number of hydrogen-bond acceptors (Lipinski definition) is 5. The van der Waals surface area contributed by atoms with E-state index in [0.29, 0.717) is 11.1 Å². The summed E-state index contributed by atoms with van der Waals surface area (Å²) in [4.78, 5) is 10.8. The van der Waals surface area contributed by atoms with Crippen LogP contribution in [-0.2, 0) is 25.7 Å². The topological polar surface area (TPSA) is 107 Å². The predicted molar refractivity (Wildman–Crippen MR) is 65.4 cm³/mol. The molecular formula is C11H15NO5S. The fraction of sp³-hybridized carbons (Fsp3) is 0.364. The molecule has 1 rings (SSSR count). The molecule has 0 saturated heterocycles. The number of rotatable bonds is 5. The van der Waals surface area contributed by atoms with E-state index in [1.54, 1.807) is 31.2 Å². The third kappa shape index (κ3) is 3.52. The number of thiol groups is 1. The number of carboxylic acid groups (broad SMARTS) is 1. The Balaban J connectivity index is 2.98. The molecule has 0 aromatic heterocycles. The summed E-state index contributed by atoms with van der Waals surface area (Å²) in [5.41, 5.74) is 5.30. The average Bonchev–Trinajstić information content (AvgIpc) is 2.26. The van der Waals surface area contributed by atoms with Gasteiger partial charge in [-0.3, -0.25) is 10.5 Å². The van der Waals surface area contributed by atoms with Crippen LogP contribution in [0.1, 0.15) is 30.9 Å². The second-order valence-electron chi connectivity index (χ2n) is 4.10. The molecule has 2 unspecified atom stereocenters. The molecule has 0 aliphatic heterocycles. The highest BCUT2D eigenvalue weighted by atomic mass is 32.2. The van der Waals surface area contributed by atoms with Crippen LogP contribution in [-0.4, -0.2) is 19.5 Å². The normalized spacial score (nSPS) is 16.2. The van der Waals surface area contributed by atoms with Gasteiger partial charge in [0.15, 0.2) is 5.72 Å². The van der Waals surface area contributed by atoms with E-state index >= 15 is 0 Å². The van der Waals surface area contributed by atoms with Gasteiger partial charge in [-0.15, -0.1) is 0 Å². The third-order valence-electron chi connectivity index (χ3n) is 2.62. The monoisotopic (exact) mass is 273 g/mol. The lowest BCUT2D eigenvalue weighted by Gasteiger charge is -2.22. The first kappa shape index (κ1) is 14.6. The van der Waals surface area contributed by atoms with E-state index in [0.717, 1.165) is 0 Å². The maximum absolute atomic E-state index is 10.8. The Morgan fingerprint density at radius 2 is 1.89 bits per heavy atom. The Morgan fingerprint density at radius 3 is 2.28 bits per heavy atom. The molecule has 2 atom stereocenters. The molecule has 0 saturated carbocycles. The minimum atomic E-state index is -3.06. The minimum absolute atomic E-state index is 0.447. The van der Waals surface area contributed by atoms with Crippen molar-refractivity contribution in [3.8, 4) is 0 Å². The van der Waals surface area contributed by atoms with E-state index in [1.807, 2.05) is 0 Å². The van der Waals surface area contributed by atoms with Crippen molar-refractivity contribution in [1.82, 2.24) is 0 Å². The molecule has 0 bridgehead atoms. The van der Waals surface area contributed by atoms with Gasteiger partial charge in [0.25, 0.3) is 11.0 Å². The first-order valence-corrected chi connectivity index (χ1v) is 6.29.